The van der Waals surface area contributed by atoms with Crippen LogP contribution in [0.1, 0.15) is 37.4 Å². The van der Waals surface area contributed by atoms with Crippen molar-refractivity contribution in [3.05, 3.63) is 34.6 Å². The summed E-state index contributed by atoms with van der Waals surface area (Å²) in [6, 6.07) is 4.61. The van der Waals surface area contributed by atoms with Gasteiger partial charge in [-0.15, -0.1) is 0 Å². The number of benzene rings is 1. The molecule has 1 aromatic rings. The fourth-order valence-electron chi connectivity index (χ4n) is 2.28. The molecule has 82 valence electrons. The zero-order valence-corrected chi connectivity index (χ0v) is 9.17. The van der Waals surface area contributed by atoms with Crippen molar-refractivity contribution in [3.8, 4) is 0 Å². The van der Waals surface area contributed by atoms with E-state index in [0.717, 1.165) is 25.7 Å². The summed E-state index contributed by atoms with van der Waals surface area (Å²) >= 11 is 5.83. The Kier molecular flexibility index (Phi) is 3.27. The van der Waals surface area contributed by atoms with Crippen LogP contribution in [-0.4, -0.2) is 5.11 Å². The van der Waals surface area contributed by atoms with Crippen molar-refractivity contribution in [1.82, 2.24) is 0 Å². The summed E-state index contributed by atoms with van der Waals surface area (Å²) in [6.45, 7) is 0. The van der Waals surface area contributed by atoms with Crippen LogP contribution in [-0.2, 0) is 0 Å². The average molecular weight is 229 g/mol. The molecule has 0 radical (unpaired) electrons. The second kappa shape index (κ2) is 4.50. The molecule has 1 atom stereocenters. The van der Waals surface area contributed by atoms with Crippen LogP contribution >= 0.6 is 11.6 Å². The maximum Gasteiger partial charge on any atom is 0.142 e. The molecule has 0 spiro atoms. The van der Waals surface area contributed by atoms with E-state index >= 15 is 0 Å². The summed E-state index contributed by atoms with van der Waals surface area (Å²) in [5.74, 6) is -0.212. The summed E-state index contributed by atoms with van der Waals surface area (Å²) in [4.78, 5) is 0. The molecule has 3 heteroatoms. The summed E-state index contributed by atoms with van der Waals surface area (Å²) < 4.78 is 13.2. The SMILES string of the molecule is OC(c1cccc(F)c1Cl)C1CCCC1. The summed E-state index contributed by atoms with van der Waals surface area (Å²) in [5.41, 5.74) is 0.531. The Balaban J connectivity index is 2.24. The summed E-state index contributed by atoms with van der Waals surface area (Å²) in [5, 5.41) is 10.1. The van der Waals surface area contributed by atoms with Gasteiger partial charge in [-0.25, -0.2) is 4.39 Å². The topological polar surface area (TPSA) is 20.2 Å². The van der Waals surface area contributed by atoms with E-state index in [1.165, 1.54) is 6.07 Å². The number of hydrogen-bond acceptors (Lipinski definition) is 1. The molecule has 0 heterocycles. The Labute approximate surface area is 93.9 Å². The van der Waals surface area contributed by atoms with Gasteiger partial charge >= 0.3 is 0 Å². The monoisotopic (exact) mass is 228 g/mol. The maximum absolute atomic E-state index is 13.2. The van der Waals surface area contributed by atoms with Gasteiger partial charge in [0, 0.05) is 5.56 Å². The normalized spacial score (nSPS) is 19.4. The lowest BCUT2D eigenvalue weighted by Gasteiger charge is -2.19. The number of rotatable bonds is 2. The van der Waals surface area contributed by atoms with E-state index in [0.29, 0.717) is 5.56 Å². The maximum atomic E-state index is 13.2. The van der Waals surface area contributed by atoms with Gasteiger partial charge in [0.2, 0.25) is 0 Å². The van der Waals surface area contributed by atoms with Crippen LogP contribution in [0, 0.1) is 11.7 Å². The van der Waals surface area contributed by atoms with Crippen LogP contribution in [0.5, 0.6) is 0 Å². The van der Waals surface area contributed by atoms with E-state index < -0.39 is 11.9 Å². The summed E-state index contributed by atoms with van der Waals surface area (Å²) in [7, 11) is 0. The van der Waals surface area contributed by atoms with Gasteiger partial charge < -0.3 is 5.11 Å². The number of aliphatic hydroxyl groups excluding tert-OH is 1. The molecule has 0 aromatic heterocycles. The summed E-state index contributed by atoms with van der Waals surface area (Å²) in [6.07, 6.45) is 3.70. The highest BCUT2D eigenvalue weighted by Gasteiger charge is 2.26. The lowest BCUT2D eigenvalue weighted by Crippen LogP contribution is -2.09. The van der Waals surface area contributed by atoms with Crippen molar-refractivity contribution in [1.29, 1.82) is 0 Å². The van der Waals surface area contributed by atoms with E-state index in [-0.39, 0.29) is 10.9 Å². The molecule has 0 bridgehead atoms. The van der Waals surface area contributed by atoms with Gasteiger partial charge in [0.15, 0.2) is 0 Å². The van der Waals surface area contributed by atoms with Crippen molar-refractivity contribution in [3.63, 3.8) is 0 Å². The lowest BCUT2D eigenvalue weighted by atomic mass is 9.94. The smallest absolute Gasteiger partial charge is 0.142 e. The quantitative estimate of drug-likeness (QED) is 0.818. The first-order valence-electron chi connectivity index (χ1n) is 5.32. The van der Waals surface area contributed by atoms with Gasteiger partial charge in [0.05, 0.1) is 11.1 Å². The van der Waals surface area contributed by atoms with Crippen molar-refractivity contribution >= 4 is 11.6 Å². The molecule has 0 saturated heterocycles. The van der Waals surface area contributed by atoms with Gasteiger partial charge in [0.1, 0.15) is 5.82 Å². The zero-order chi connectivity index (χ0) is 10.8. The molecule has 1 aliphatic carbocycles. The molecular weight excluding hydrogens is 215 g/mol. The lowest BCUT2D eigenvalue weighted by molar-refractivity contribution is 0.111. The van der Waals surface area contributed by atoms with E-state index in [4.69, 9.17) is 11.6 Å². The highest BCUT2D eigenvalue weighted by molar-refractivity contribution is 6.31. The number of hydrogen-bond donors (Lipinski definition) is 1. The fraction of sp³-hybridized carbons (Fsp3) is 0.500. The largest absolute Gasteiger partial charge is 0.388 e. The predicted octanol–water partition coefficient (Wildman–Crippen LogP) is 3.70. The van der Waals surface area contributed by atoms with Crippen molar-refractivity contribution in [2.24, 2.45) is 5.92 Å². The minimum absolute atomic E-state index is 0.0666. The minimum Gasteiger partial charge on any atom is -0.388 e. The molecule has 1 aliphatic rings. The van der Waals surface area contributed by atoms with Crippen molar-refractivity contribution < 1.29 is 9.50 Å². The molecule has 1 saturated carbocycles. The van der Waals surface area contributed by atoms with Crippen LogP contribution < -0.4 is 0 Å². The van der Waals surface area contributed by atoms with Crippen LogP contribution in [0.4, 0.5) is 4.39 Å². The predicted molar refractivity (Wildman–Crippen MR) is 58.3 cm³/mol. The zero-order valence-electron chi connectivity index (χ0n) is 8.42. The first-order chi connectivity index (χ1) is 7.20. The molecule has 1 aromatic carbocycles. The fourth-order valence-corrected chi connectivity index (χ4v) is 2.51. The Morgan fingerprint density at radius 3 is 2.67 bits per heavy atom. The third kappa shape index (κ3) is 2.16. The van der Waals surface area contributed by atoms with Crippen LogP contribution in [0.2, 0.25) is 5.02 Å². The first-order valence-corrected chi connectivity index (χ1v) is 5.70. The van der Waals surface area contributed by atoms with Crippen molar-refractivity contribution in [2.75, 3.05) is 0 Å². The molecule has 0 aliphatic heterocycles. The minimum atomic E-state index is -0.615. The standard InChI is InChI=1S/C12H14ClFO/c13-11-9(6-3-7-10(11)14)12(15)8-4-1-2-5-8/h3,6-8,12,15H,1-2,4-5H2. The third-order valence-electron chi connectivity index (χ3n) is 3.15. The molecular formula is C12H14ClFO. The molecule has 1 N–H and O–H groups in total. The Bertz CT molecular complexity index is 347. The number of aliphatic hydroxyl groups is 1. The van der Waals surface area contributed by atoms with Gasteiger partial charge in [0.25, 0.3) is 0 Å². The highest BCUT2D eigenvalue weighted by atomic mass is 35.5. The van der Waals surface area contributed by atoms with Crippen LogP contribution in [0.15, 0.2) is 18.2 Å². The number of halogens is 2. The van der Waals surface area contributed by atoms with Crippen LogP contribution in [0.25, 0.3) is 0 Å². The average Bonchev–Trinajstić information content (AvgIpc) is 2.74. The van der Waals surface area contributed by atoms with Gasteiger partial charge in [-0.1, -0.05) is 36.6 Å². The van der Waals surface area contributed by atoms with E-state index in [2.05, 4.69) is 0 Å². The van der Waals surface area contributed by atoms with Gasteiger partial charge in [-0.3, -0.25) is 0 Å². The molecule has 1 fully saturated rings. The first kappa shape index (κ1) is 10.9. The molecule has 2 rings (SSSR count). The molecule has 1 nitrogen and oxygen atoms in total. The highest BCUT2D eigenvalue weighted by Crippen LogP contribution is 2.38. The second-order valence-corrected chi connectivity index (χ2v) is 4.51. The van der Waals surface area contributed by atoms with Crippen molar-refractivity contribution in [2.45, 2.75) is 31.8 Å². The Morgan fingerprint density at radius 2 is 2.00 bits per heavy atom. The van der Waals surface area contributed by atoms with Gasteiger partial charge in [-0.2, -0.15) is 0 Å². The van der Waals surface area contributed by atoms with E-state index in [1.54, 1.807) is 12.1 Å². The van der Waals surface area contributed by atoms with Gasteiger partial charge in [-0.05, 0) is 24.8 Å². The van der Waals surface area contributed by atoms with Crippen LogP contribution in [0.3, 0.4) is 0 Å². The Hall–Kier alpha value is -0.600. The Morgan fingerprint density at radius 1 is 1.33 bits per heavy atom. The third-order valence-corrected chi connectivity index (χ3v) is 3.55. The molecule has 15 heavy (non-hydrogen) atoms. The van der Waals surface area contributed by atoms with E-state index in [9.17, 15) is 9.50 Å². The second-order valence-electron chi connectivity index (χ2n) is 4.13. The molecule has 1 unspecified atom stereocenters. The van der Waals surface area contributed by atoms with E-state index in [1.807, 2.05) is 0 Å². The molecule has 0 amide bonds.